The largest absolute Gasteiger partial charge is 0.313 e. The molecule has 0 aromatic heterocycles. The molecule has 0 saturated carbocycles. The van der Waals surface area contributed by atoms with Crippen molar-refractivity contribution in [2.75, 3.05) is 7.05 Å². The van der Waals surface area contributed by atoms with Gasteiger partial charge in [0.25, 0.3) is 0 Å². The van der Waals surface area contributed by atoms with Gasteiger partial charge in [-0.25, -0.2) is 13.2 Å². The van der Waals surface area contributed by atoms with E-state index in [2.05, 4.69) is 5.32 Å². The molecular weight excluding hydrogens is 251 g/mol. The van der Waals surface area contributed by atoms with Gasteiger partial charge in [-0.15, -0.1) is 0 Å². The fourth-order valence-electron chi connectivity index (χ4n) is 2.01. The maximum atomic E-state index is 13.6. The molecule has 4 heteroatoms. The minimum absolute atomic E-state index is 0.0335. The van der Waals surface area contributed by atoms with Gasteiger partial charge in [0.15, 0.2) is 0 Å². The zero-order valence-electron chi connectivity index (χ0n) is 10.5. The summed E-state index contributed by atoms with van der Waals surface area (Å²) in [5.74, 6) is -1.47. The van der Waals surface area contributed by atoms with Crippen LogP contribution >= 0.6 is 0 Å². The highest BCUT2D eigenvalue weighted by molar-refractivity contribution is 5.26. The van der Waals surface area contributed by atoms with Crippen LogP contribution < -0.4 is 5.32 Å². The molecule has 0 radical (unpaired) electrons. The number of rotatable bonds is 4. The van der Waals surface area contributed by atoms with Gasteiger partial charge in [-0.3, -0.25) is 0 Å². The van der Waals surface area contributed by atoms with Crippen LogP contribution in [0.1, 0.15) is 17.2 Å². The molecule has 2 aromatic rings. The summed E-state index contributed by atoms with van der Waals surface area (Å²) in [5.41, 5.74) is 0.817. The Morgan fingerprint density at radius 1 is 0.947 bits per heavy atom. The summed E-state index contributed by atoms with van der Waals surface area (Å²) in [6.45, 7) is 0. The van der Waals surface area contributed by atoms with E-state index in [1.807, 2.05) is 0 Å². The molecule has 2 rings (SSSR count). The molecule has 0 saturated heterocycles. The van der Waals surface area contributed by atoms with Gasteiger partial charge >= 0.3 is 0 Å². The van der Waals surface area contributed by atoms with Crippen molar-refractivity contribution in [3.05, 3.63) is 71.0 Å². The Balaban J connectivity index is 2.26. The van der Waals surface area contributed by atoms with Gasteiger partial charge in [0, 0.05) is 11.6 Å². The van der Waals surface area contributed by atoms with Crippen LogP contribution in [0.5, 0.6) is 0 Å². The lowest BCUT2D eigenvalue weighted by molar-refractivity contribution is 0.514. The maximum Gasteiger partial charge on any atom is 0.129 e. The number of halogens is 3. The third-order valence-electron chi connectivity index (χ3n) is 3.09. The van der Waals surface area contributed by atoms with Crippen molar-refractivity contribution in [1.29, 1.82) is 0 Å². The summed E-state index contributed by atoms with van der Waals surface area (Å²) in [6.07, 6.45) is 0.167. The van der Waals surface area contributed by atoms with Crippen LogP contribution in [0.25, 0.3) is 0 Å². The van der Waals surface area contributed by atoms with Crippen LogP contribution in [0.2, 0.25) is 0 Å². The van der Waals surface area contributed by atoms with Gasteiger partial charge < -0.3 is 5.32 Å². The van der Waals surface area contributed by atoms with Crippen LogP contribution in [0.3, 0.4) is 0 Å². The summed E-state index contributed by atoms with van der Waals surface area (Å²) in [4.78, 5) is 0. The minimum atomic E-state index is -0.567. The molecule has 0 bridgehead atoms. The second kappa shape index (κ2) is 5.89. The predicted molar refractivity (Wildman–Crippen MR) is 68.3 cm³/mol. The zero-order valence-corrected chi connectivity index (χ0v) is 10.5. The van der Waals surface area contributed by atoms with Crippen LogP contribution in [0.4, 0.5) is 13.2 Å². The number of nitrogens with one attached hydrogen (secondary N) is 1. The highest BCUT2D eigenvalue weighted by Gasteiger charge is 2.16. The lowest BCUT2D eigenvalue weighted by atomic mass is 9.98. The first kappa shape index (κ1) is 13.6. The number of benzene rings is 2. The minimum Gasteiger partial charge on any atom is -0.313 e. The van der Waals surface area contributed by atoms with E-state index in [0.29, 0.717) is 0 Å². The summed E-state index contributed by atoms with van der Waals surface area (Å²) >= 11 is 0. The normalized spacial score (nSPS) is 12.4. The van der Waals surface area contributed by atoms with Crippen LogP contribution in [-0.4, -0.2) is 7.05 Å². The maximum absolute atomic E-state index is 13.6. The van der Waals surface area contributed by atoms with E-state index in [1.54, 1.807) is 19.2 Å². The Hall–Kier alpha value is -1.81. The van der Waals surface area contributed by atoms with Crippen molar-refractivity contribution >= 4 is 0 Å². The molecule has 0 fully saturated rings. The van der Waals surface area contributed by atoms with E-state index >= 15 is 0 Å². The third-order valence-corrected chi connectivity index (χ3v) is 3.09. The van der Waals surface area contributed by atoms with Crippen LogP contribution in [0.15, 0.2) is 42.5 Å². The average molecular weight is 265 g/mol. The molecule has 1 nitrogen and oxygen atoms in total. The molecule has 1 atom stereocenters. The smallest absolute Gasteiger partial charge is 0.129 e. The molecule has 0 spiro atoms. The topological polar surface area (TPSA) is 12.0 Å². The van der Waals surface area contributed by atoms with Crippen molar-refractivity contribution in [2.45, 2.75) is 12.5 Å². The predicted octanol–water partition coefficient (Wildman–Crippen LogP) is 3.61. The summed E-state index contributed by atoms with van der Waals surface area (Å²) in [7, 11) is 1.70. The Labute approximate surface area is 110 Å². The van der Waals surface area contributed by atoms with Crippen molar-refractivity contribution < 1.29 is 13.2 Å². The average Bonchev–Trinajstić information content (AvgIpc) is 2.40. The zero-order chi connectivity index (χ0) is 13.8. The van der Waals surface area contributed by atoms with Crippen molar-refractivity contribution in [2.24, 2.45) is 0 Å². The van der Waals surface area contributed by atoms with Gasteiger partial charge in [-0.1, -0.05) is 18.2 Å². The van der Waals surface area contributed by atoms with E-state index in [4.69, 9.17) is 0 Å². The monoisotopic (exact) mass is 265 g/mol. The Kier molecular flexibility index (Phi) is 4.22. The summed E-state index contributed by atoms with van der Waals surface area (Å²) < 4.78 is 40.1. The molecule has 0 amide bonds. The van der Waals surface area contributed by atoms with Crippen LogP contribution in [-0.2, 0) is 6.42 Å². The molecule has 0 aliphatic heterocycles. The summed E-state index contributed by atoms with van der Waals surface area (Å²) in [6, 6.07) is 9.40. The first-order valence-corrected chi connectivity index (χ1v) is 5.97. The van der Waals surface area contributed by atoms with E-state index < -0.39 is 11.6 Å². The van der Waals surface area contributed by atoms with Gasteiger partial charge in [0.1, 0.15) is 17.5 Å². The van der Waals surface area contributed by atoms with Crippen molar-refractivity contribution in [3.63, 3.8) is 0 Å². The fraction of sp³-hybridized carbons (Fsp3) is 0.200. The lowest BCUT2D eigenvalue weighted by Crippen LogP contribution is -2.20. The quantitative estimate of drug-likeness (QED) is 0.890. The molecule has 0 heterocycles. The molecular formula is C15H14F3N. The first-order chi connectivity index (χ1) is 9.11. The molecule has 1 N–H and O–H groups in total. The van der Waals surface area contributed by atoms with Crippen molar-refractivity contribution in [3.8, 4) is 0 Å². The number of hydrogen-bond acceptors (Lipinski definition) is 1. The molecule has 19 heavy (non-hydrogen) atoms. The SMILES string of the molecule is CNC(Cc1c(F)cccc1F)c1ccc(F)cc1. The van der Waals surface area contributed by atoms with Crippen LogP contribution in [0, 0.1) is 17.5 Å². The fourth-order valence-corrected chi connectivity index (χ4v) is 2.01. The van der Waals surface area contributed by atoms with Crippen molar-refractivity contribution in [1.82, 2.24) is 5.32 Å². The number of hydrogen-bond donors (Lipinski definition) is 1. The van der Waals surface area contributed by atoms with E-state index in [1.165, 1.54) is 30.3 Å². The molecule has 2 aromatic carbocycles. The summed E-state index contributed by atoms with van der Waals surface area (Å²) in [5, 5.41) is 2.98. The third kappa shape index (κ3) is 3.15. The second-order valence-electron chi connectivity index (χ2n) is 4.30. The highest BCUT2D eigenvalue weighted by atomic mass is 19.1. The Bertz CT molecular complexity index is 532. The standard InChI is InChI=1S/C15H14F3N/c1-19-15(10-5-7-11(16)8-6-10)9-12-13(17)3-2-4-14(12)18/h2-8,15,19H,9H2,1H3. The second-order valence-corrected chi connectivity index (χ2v) is 4.30. The Morgan fingerprint density at radius 2 is 1.53 bits per heavy atom. The molecule has 100 valence electrons. The van der Waals surface area contributed by atoms with E-state index in [-0.39, 0.29) is 23.8 Å². The van der Waals surface area contributed by atoms with Gasteiger partial charge in [-0.05, 0) is 43.3 Å². The van der Waals surface area contributed by atoms with Gasteiger partial charge in [0.2, 0.25) is 0 Å². The molecule has 1 unspecified atom stereocenters. The van der Waals surface area contributed by atoms with Gasteiger partial charge in [0.05, 0.1) is 0 Å². The first-order valence-electron chi connectivity index (χ1n) is 5.97. The van der Waals surface area contributed by atoms with E-state index in [9.17, 15) is 13.2 Å². The molecule has 0 aliphatic carbocycles. The van der Waals surface area contributed by atoms with E-state index in [0.717, 1.165) is 5.56 Å². The van der Waals surface area contributed by atoms with Gasteiger partial charge in [-0.2, -0.15) is 0 Å². The Morgan fingerprint density at radius 3 is 2.05 bits per heavy atom. The number of likely N-dealkylation sites (N-methyl/N-ethyl adjacent to an activating group) is 1. The molecule has 0 aliphatic rings. The highest BCUT2D eigenvalue weighted by Crippen LogP contribution is 2.22. The lowest BCUT2D eigenvalue weighted by Gasteiger charge is -2.17.